The number of nitrogens with one attached hydrogen (secondary N) is 1. The smallest absolute Gasteiger partial charge is 0.228 e. The first-order valence-electron chi connectivity index (χ1n) is 9.69. The molecule has 6 heteroatoms. The maximum absolute atomic E-state index is 12.9. The number of anilines is 1. The molecule has 2 aliphatic carbocycles. The lowest BCUT2D eigenvalue weighted by Gasteiger charge is -2.43. The normalized spacial score (nSPS) is 26.9. The Hall–Kier alpha value is -1.85. The summed E-state index contributed by atoms with van der Waals surface area (Å²) in [6.45, 7) is 2.08. The summed E-state index contributed by atoms with van der Waals surface area (Å²) in [5.74, 6) is 1.96. The summed E-state index contributed by atoms with van der Waals surface area (Å²) in [7, 11) is 1.88. The number of benzene rings is 1. The first-order chi connectivity index (χ1) is 12.5. The van der Waals surface area contributed by atoms with Crippen LogP contribution in [0.5, 0.6) is 0 Å². The second-order valence-electron chi connectivity index (χ2n) is 8.04. The van der Waals surface area contributed by atoms with Crippen molar-refractivity contribution in [3.8, 4) is 11.3 Å². The molecule has 2 saturated carbocycles. The number of aryl methyl sites for hydroxylation is 2. The molecule has 2 fully saturated rings. The highest BCUT2D eigenvalue weighted by Crippen LogP contribution is 2.42. The Bertz CT molecular complexity index is 804. The molecule has 146 valence electrons. The topological polar surface area (TPSA) is 72.9 Å². The molecule has 2 atom stereocenters. The van der Waals surface area contributed by atoms with E-state index < -0.39 is 0 Å². The Morgan fingerprint density at radius 1 is 1.22 bits per heavy atom. The molecule has 0 aliphatic heterocycles. The lowest BCUT2D eigenvalue weighted by atomic mass is 9.65. The molecule has 0 radical (unpaired) electrons. The van der Waals surface area contributed by atoms with Gasteiger partial charge in [-0.15, -0.1) is 12.4 Å². The number of hydrogen-bond acceptors (Lipinski definition) is 3. The van der Waals surface area contributed by atoms with Crippen molar-refractivity contribution in [1.82, 2.24) is 9.78 Å². The molecule has 2 bridgehead atoms. The van der Waals surface area contributed by atoms with Gasteiger partial charge in [-0.2, -0.15) is 5.10 Å². The van der Waals surface area contributed by atoms with E-state index in [1.54, 1.807) is 4.68 Å². The van der Waals surface area contributed by atoms with Gasteiger partial charge in [-0.3, -0.25) is 9.48 Å². The van der Waals surface area contributed by atoms with Crippen molar-refractivity contribution in [3.05, 3.63) is 35.9 Å². The average Bonchev–Trinajstić information content (AvgIpc) is 2.95. The van der Waals surface area contributed by atoms with Crippen LogP contribution in [0.2, 0.25) is 0 Å². The first-order valence-corrected chi connectivity index (χ1v) is 9.69. The lowest BCUT2D eigenvalue weighted by molar-refractivity contribution is -0.122. The Morgan fingerprint density at radius 3 is 2.56 bits per heavy atom. The average molecular weight is 389 g/mol. The van der Waals surface area contributed by atoms with Crippen molar-refractivity contribution in [2.24, 2.45) is 30.5 Å². The highest BCUT2D eigenvalue weighted by molar-refractivity contribution is 5.92. The molecule has 0 spiro atoms. The van der Waals surface area contributed by atoms with Gasteiger partial charge in [0.2, 0.25) is 5.91 Å². The predicted molar refractivity (Wildman–Crippen MR) is 111 cm³/mol. The molecular weight excluding hydrogens is 360 g/mol. The molecule has 1 amide bonds. The summed E-state index contributed by atoms with van der Waals surface area (Å²) in [4.78, 5) is 12.9. The molecule has 4 rings (SSSR count). The van der Waals surface area contributed by atoms with E-state index in [4.69, 9.17) is 5.73 Å². The number of rotatable bonds is 3. The van der Waals surface area contributed by atoms with Gasteiger partial charge in [-0.1, -0.05) is 30.7 Å². The summed E-state index contributed by atoms with van der Waals surface area (Å²) in [6.07, 6.45) is 5.45. The van der Waals surface area contributed by atoms with Crippen LogP contribution in [0, 0.1) is 24.7 Å². The Morgan fingerprint density at radius 2 is 1.89 bits per heavy atom. The Kier molecular flexibility index (Phi) is 5.92. The quantitative estimate of drug-likeness (QED) is 0.837. The number of carbonyl (C=O) groups is 1. The van der Waals surface area contributed by atoms with Gasteiger partial charge in [0.05, 0.1) is 5.69 Å². The maximum atomic E-state index is 12.9. The number of halogens is 1. The summed E-state index contributed by atoms with van der Waals surface area (Å²) in [5.41, 5.74) is 9.53. The van der Waals surface area contributed by atoms with Gasteiger partial charge < -0.3 is 11.1 Å². The van der Waals surface area contributed by atoms with Gasteiger partial charge in [-0.25, -0.2) is 0 Å². The van der Waals surface area contributed by atoms with Crippen LogP contribution in [0.3, 0.4) is 0 Å². The SMILES string of the molecule is Cc1ccccc1-c1cc(NC(=O)C2CC3CCCC(C2)C3N)n(C)n1.Cl. The predicted octanol–water partition coefficient (Wildman–Crippen LogP) is 3.91. The third-order valence-corrected chi connectivity index (χ3v) is 6.34. The van der Waals surface area contributed by atoms with E-state index in [1.807, 2.05) is 25.2 Å². The van der Waals surface area contributed by atoms with Crippen molar-refractivity contribution in [1.29, 1.82) is 0 Å². The van der Waals surface area contributed by atoms with Gasteiger partial charge >= 0.3 is 0 Å². The minimum absolute atomic E-state index is 0. The zero-order valence-electron chi connectivity index (χ0n) is 16.0. The summed E-state index contributed by atoms with van der Waals surface area (Å²) >= 11 is 0. The van der Waals surface area contributed by atoms with Crippen LogP contribution in [-0.4, -0.2) is 21.7 Å². The molecule has 1 aromatic carbocycles. The fourth-order valence-electron chi connectivity index (χ4n) is 4.81. The molecule has 2 aliphatic rings. The van der Waals surface area contributed by atoms with E-state index in [2.05, 4.69) is 29.5 Å². The molecule has 1 aromatic heterocycles. The van der Waals surface area contributed by atoms with E-state index >= 15 is 0 Å². The fraction of sp³-hybridized carbons (Fsp3) is 0.524. The monoisotopic (exact) mass is 388 g/mol. The van der Waals surface area contributed by atoms with Crippen LogP contribution < -0.4 is 11.1 Å². The lowest BCUT2D eigenvalue weighted by Crippen LogP contribution is -2.48. The number of hydrogen-bond donors (Lipinski definition) is 2. The number of amides is 1. The van der Waals surface area contributed by atoms with Crippen LogP contribution >= 0.6 is 12.4 Å². The molecule has 5 nitrogen and oxygen atoms in total. The van der Waals surface area contributed by atoms with Gasteiger partial charge in [-0.05, 0) is 50.0 Å². The molecule has 3 N–H and O–H groups in total. The van der Waals surface area contributed by atoms with Crippen LogP contribution in [0.15, 0.2) is 30.3 Å². The Balaban J connectivity index is 0.00000210. The molecule has 2 unspecified atom stereocenters. The van der Waals surface area contributed by atoms with E-state index in [-0.39, 0.29) is 30.3 Å². The minimum atomic E-state index is 0. The number of nitrogens with zero attached hydrogens (tertiary/aromatic N) is 2. The molecule has 1 heterocycles. The molecule has 0 saturated heterocycles. The highest BCUT2D eigenvalue weighted by Gasteiger charge is 2.40. The van der Waals surface area contributed by atoms with Crippen LogP contribution in [0.25, 0.3) is 11.3 Å². The molecular formula is C21H29ClN4O. The van der Waals surface area contributed by atoms with Crippen molar-refractivity contribution in [3.63, 3.8) is 0 Å². The first kappa shape index (κ1) is 19.9. The third-order valence-electron chi connectivity index (χ3n) is 6.34. The largest absolute Gasteiger partial charge is 0.327 e. The zero-order chi connectivity index (χ0) is 18.3. The standard InChI is InChI=1S/C21H28N4O.ClH/c1-13-6-3-4-9-17(13)18-12-19(25(2)24-18)23-21(26)16-10-14-7-5-8-15(11-16)20(14)22;/h3-4,6,9,12,14-16,20H,5,7-8,10-11,22H2,1-2H3,(H,23,26);1H. The van der Waals surface area contributed by atoms with Crippen LogP contribution in [-0.2, 0) is 11.8 Å². The van der Waals surface area contributed by atoms with Crippen molar-refractivity contribution in [2.75, 3.05) is 5.32 Å². The van der Waals surface area contributed by atoms with Gasteiger partial charge in [0.1, 0.15) is 5.82 Å². The number of aromatic nitrogens is 2. The number of carbonyl (C=O) groups excluding carboxylic acids is 1. The van der Waals surface area contributed by atoms with E-state index in [1.165, 1.54) is 24.8 Å². The van der Waals surface area contributed by atoms with Crippen molar-refractivity contribution >= 4 is 24.1 Å². The number of fused-ring (bicyclic) bond motifs is 2. The zero-order valence-corrected chi connectivity index (χ0v) is 16.8. The summed E-state index contributed by atoms with van der Waals surface area (Å²) in [6, 6.07) is 10.4. The second kappa shape index (κ2) is 8.03. The van der Waals surface area contributed by atoms with E-state index in [0.717, 1.165) is 29.9 Å². The Labute approximate surface area is 167 Å². The van der Waals surface area contributed by atoms with Crippen LogP contribution in [0.4, 0.5) is 5.82 Å². The van der Waals surface area contributed by atoms with Gasteiger partial charge in [0, 0.05) is 30.6 Å². The summed E-state index contributed by atoms with van der Waals surface area (Å²) in [5, 5.41) is 7.71. The molecule has 27 heavy (non-hydrogen) atoms. The summed E-state index contributed by atoms with van der Waals surface area (Å²) < 4.78 is 1.76. The van der Waals surface area contributed by atoms with Crippen molar-refractivity contribution < 1.29 is 4.79 Å². The van der Waals surface area contributed by atoms with Crippen molar-refractivity contribution in [2.45, 2.75) is 45.1 Å². The fourth-order valence-corrected chi connectivity index (χ4v) is 4.81. The number of nitrogens with two attached hydrogens (primary N) is 1. The van der Waals surface area contributed by atoms with Gasteiger partial charge in [0.25, 0.3) is 0 Å². The molecule has 2 aromatic rings. The van der Waals surface area contributed by atoms with Gasteiger partial charge in [0.15, 0.2) is 0 Å². The maximum Gasteiger partial charge on any atom is 0.228 e. The third kappa shape index (κ3) is 3.90. The van der Waals surface area contributed by atoms with E-state index in [0.29, 0.717) is 11.8 Å². The minimum Gasteiger partial charge on any atom is -0.327 e. The highest BCUT2D eigenvalue weighted by atomic mass is 35.5. The van der Waals surface area contributed by atoms with E-state index in [9.17, 15) is 4.79 Å². The second-order valence-corrected chi connectivity index (χ2v) is 8.04. The van der Waals surface area contributed by atoms with Crippen LogP contribution in [0.1, 0.15) is 37.7 Å².